The Hall–Kier alpha value is -0.720. The monoisotopic (exact) mass is 307 g/mol. The minimum absolute atomic E-state index is 0. The summed E-state index contributed by atoms with van der Waals surface area (Å²) in [5, 5.41) is 9.91. The summed E-state index contributed by atoms with van der Waals surface area (Å²) in [6, 6.07) is 0. The number of hydrogen-bond donors (Lipinski definition) is 2. The highest BCUT2D eigenvalue weighted by molar-refractivity contribution is 7.99. The summed E-state index contributed by atoms with van der Waals surface area (Å²) in [5.41, 5.74) is 2.01. The van der Waals surface area contributed by atoms with Crippen LogP contribution in [0.1, 0.15) is 23.9 Å². The molecule has 0 aromatic carbocycles. The molecule has 1 amide bonds. The number of carbonyl (C=O) groups is 1. The van der Waals surface area contributed by atoms with Gasteiger partial charge in [-0.15, -0.1) is 24.2 Å². The molecule has 5 nitrogen and oxygen atoms in total. The van der Waals surface area contributed by atoms with Crippen molar-refractivity contribution in [2.75, 3.05) is 25.4 Å². The quantitative estimate of drug-likeness (QED) is 0.715. The SMILES string of the molecule is CCNCCNC(=O)CSCc1c(C)noc1C.Cl. The van der Waals surface area contributed by atoms with Gasteiger partial charge < -0.3 is 15.2 Å². The fourth-order valence-corrected chi connectivity index (χ4v) is 2.48. The molecule has 1 aromatic rings. The molecule has 0 saturated heterocycles. The van der Waals surface area contributed by atoms with Crippen molar-refractivity contribution in [3.63, 3.8) is 0 Å². The van der Waals surface area contributed by atoms with Crippen molar-refractivity contribution in [1.82, 2.24) is 15.8 Å². The van der Waals surface area contributed by atoms with E-state index >= 15 is 0 Å². The van der Waals surface area contributed by atoms with E-state index in [1.165, 1.54) is 0 Å². The Morgan fingerprint density at radius 1 is 1.37 bits per heavy atom. The number of carbonyl (C=O) groups excluding carboxylic acids is 1. The van der Waals surface area contributed by atoms with Crippen LogP contribution in [0.15, 0.2) is 4.52 Å². The summed E-state index contributed by atoms with van der Waals surface area (Å²) in [5.74, 6) is 2.15. The van der Waals surface area contributed by atoms with Gasteiger partial charge in [-0.25, -0.2) is 0 Å². The van der Waals surface area contributed by atoms with Gasteiger partial charge in [-0.1, -0.05) is 12.1 Å². The van der Waals surface area contributed by atoms with Crippen LogP contribution in [0.5, 0.6) is 0 Å². The van der Waals surface area contributed by atoms with E-state index in [4.69, 9.17) is 4.52 Å². The standard InChI is InChI=1S/C12H21N3O2S.ClH/c1-4-13-5-6-14-12(16)8-18-7-11-9(2)15-17-10(11)3;/h13H,4-8H2,1-3H3,(H,14,16);1H. The van der Waals surface area contributed by atoms with Gasteiger partial charge >= 0.3 is 0 Å². The molecule has 19 heavy (non-hydrogen) atoms. The molecule has 0 atom stereocenters. The van der Waals surface area contributed by atoms with Crippen LogP contribution in [0.4, 0.5) is 0 Å². The molecule has 0 aliphatic heterocycles. The summed E-state index contributed by atoms with van der Waals surface area (Å²) < 4.78 is 5.07. The van der Waals surface area contributed by atoms with Crippen LogP contribution in [0.25, 0.3) is 0 Å². The second-order valence-electron chi connectivity index (χ2n) is 4.00. The highest BCUT2D eigenvalue weighted by atomic mass is 35.5. The average molecular weight is 308 g/mol. The van der Waals surface area contributed by atoms with Crippen LogP contribution >= 0.6 is 24.2 Å². The third kappa shape index (κ3) is 6.84. The predicted octanol–water partition coefficient (Wildman–Crippen LogP) is 1.67. The molecule has 7 heteroatoms. The first kappa shape index (κ1) is 18.3. The van der Waals surface area contributed by atoms with Crippen molar-refractivity contribution in [2.24, 2.45) is 0 Å². The zero-order chi connectivity index (χ0) is 13.4. The number of nitrogens with zero attached hydrogens (tertiary/aromatic N) is 1. The number of hydrogen-bond acceptors (Lipinski definition) is 5. The Bertz CT molecular complexity index is 366. The third-order valence-electron chi connectivity index (χ3n) is 2.53. The fraction of sp³-hybridized carbons (Fsp3) is 0.667. The molecule has 0 saturated carbocycles. The van der Waals surface area contributed by atoms with E-state index in [-0.39, 0.29) is 18.3 Å². The molecule has 1 aromatic heterocycles. The molecule has 0 radical (unpaired) electrons. The molecule has 0 aliphatic carbocycles. The van der Waals surface area contributed by atoms with E-state index in [2.05, 4.69) is 15.8 Å². The Labute approximate surface area is 124 Å². The summed E-state index contributed by atoms with van der Waals surface area (Å²) in [6.07, 6.45) is 0. The fourth-order valence-electron chi connectivity index (χ4n) is 1.47. The summed E-state index contributed by atoms with van der Waals surface area (Å²) in [4.78, 5) is 11.5. The second-order valence-corrected chi connectivity index (χ2v) is 4.98. The van der Waals surface area contributed by atoms with Crippen LogP contribution in [0.2, 0.25) is 0 Å². The minimum atomic E-state index is 0. The topological polar surface area (TPSA) is 67.2 Å². The molecule has 1 heterocycles. The van der Waals surface area contributed by atoms with Gasteiger partial charge in [-0.05, 0) is 20.4 Å². The largest absolute Gasteiger partial charge is 0.361 e. The zero-order valence-corrected chi connectivity index (χ0v) is 13.2. The first-order valence-corrected chi connectivity index (χ1v) is 7.27. The van der Waals surface area contributed by atoms with Crippen molar-refractivity contribution in [2.45, 2.75) is 26.5 Å². The first-order chi connectivity index (χ1) is 8.65. The molecule has 0 aliphatic rings. The number of aryl methyl sites for hydroxylation is 2. The van der Waals surface area contributed by atoms with Crippen molar-refractivity contribution < 1.29 is 9.32 Å². The van der Waals surface area contributed by atoms with Crippen LogP contribution < -0.4 is 10.6 Å². The van der Waals surface area contributed by atoms with Crippen LogP contribution in [0, 0.1) is 13.8 Å². The normalized spacial score (nSPS) is 10.1. The molecule has 1 rings (SSSR count). The average Bonchev–Trinajstić information content (AvgIpc) is 2.66. The van der Waals surface area contributed by atoms with Gasteiger partial charge in [0.2, 0.25) is 5.91 Å². The number of thioether (sulfide) groups is 1. The summed E-state index contributed by atoms with van der Waals surface area (Å²) in [7, 11) is 0. The molecule has 110 valence electrons. The maximum atomic E-state index is 11.5. The lowest BCUT2D eigenvalue weighted by atomic mass is 10.2. The van der Waals surface area contributed by atoms with Crippen molar-refractivity contribution >= 4 is 30.1 Å². The maximum absolute atomic E-state index is 11.5. The van der Waals surface area contributed by atoms with Crippen LogP contribution in [0.3, 0.4) is 0 Å². The second kappa shape index (κ2) is 10.1. The predicted molar refractivity (Wildman–Crippen MR) is 80.9 cm³/mol. The summed E-state index contributed by atoms with van der Waals surface area (Å²) in [6.45, 7) is 8.28. The molecule has 0 bridgehead atoms. The first-order valence-electron chi connectivity index (χ1n) is 6.12. The number of amides is 1. The van der Waals surface area contributed by atoms with E-state index in [9.17, 15) is 4.79 Å². The van der Waals surface area contributed by atoms with Crippen LogP contribution in [-0.4, -0.2) is 36.5 Å². The minimum Gasteiger partial charge on any atom is -0.361 e. The Morgan fingerprint density at radius 3 is 2.68 bits per heavy atom. The molecule has 0 spiro atoms. The van der Waals surface area contributed by atoms with Gasteiger partial charge in [0.1, 0.15) is 5.76 Å². The van der Waals surface area contributed by atoms with Gasteiger partial charge in [-0.2, -0.15) is 0 Å². The van der Waals surface area contributed by atoms with Gasteiger partial charge in [0.15, 0.2) is 0 Å². The molecular weight excluding hydrogens is 286 g/mol. The summed E-state index contributed by atoms with van der Waals surface area (Å²) >= 11 is 1.58. The lowest BCUT2D eigenvalue weighted by Gasteiger charge is -2.05. The number of halogens is 1. The number of rotatable bonds is 8. The van der Waals surface area contributed by atoms with Crippen molar-refractivity contribution in [1.29, 1.82) is 0 Å². The van der Waals surface area contributed by atoms with Crippen molar-refractivity contribution in [3.05, 3.63) is 17.0 Å². The van der Waals surface area contributed by atoms with Gasteiger partial charge in [0.25, 0.3) is 0 Å². The Balaban J connectivity index is 0.00000324. The highest BCUT2D eigenvalue weighted by Crippen LogP contribution is 2.18. The molecule has 2 N–H and O–H groups in total. The lowest BCUT2D eigenvalue weighted by molar-refractivity contribution is -0.118. The molecule has 0 fully saturated rings. The third-order valence-corrected chi connectivity index (χ3v) is 3.49. The lowest BCUT2D eigenvalue weighted by Crippen LogP contribution is -2.32. The number of aromatic nitrogens is 1. The van der Waals surface area contributed by atoms with Crippen LogP contribution in [-0.2, 0) is 10.5 Å². The van der Waals surface area contributed by atoms with E-state index in [1.54, 1.807) is 11.8 Å². The molecular formula is C12H22ClN3O2S. The Morgan fingerprint density at radius 2 is 2.11 bits per heavy atom. The van der Waals surface area contributed by atoms with Gasteiger partial charge in [0.05, 0.1) is 11.4 Å². The van der Waals surface area contributed by atoms with E-state index in [0.29, 0.717) is 12.3 Å². The number of likely N-dealkylation sites (N-methyl/N-ethyl adjacent to an activating group) is 1. The van der Waals surface area contributed by atoms with E-state index < -0.39 is 0 Å². The zero-order valence-electron chi connectivity index (χ0n) is 11.6. The highest BCUT2D eigenvalue weighted by Gasteiger charge is 2.09. The Kier molecular flexibility index (Phi) is 9.73. The molecule has 0 unspecified atom stereocenters. The number of nitrogens with one attached hydrogen (secondary N) is 2. The van der Waals surface area contributed by atoms with Gasteiger partial charge in [0, 0.05) is 24.4 Å². The van der Waals surface area contributed by atoms with Crippen molar-refractivity contribution in [3.8, 4) is 0 Å². The van der Waals surface area contributed by atoms with E-state index in [0.717, 1.165) is 35.9 Å². The smallest absolute Gasteiger partial charge is 0.230 e. The van der Waals surface area contributed by atoms with E-state index in [1.807, 2.05) is 20.8 Å². The van der Waals surface area contributed by atoms with Gasteiger partial charge in [-0.3, -0.25) is 4.79 Å². The maximum Gasteiger partial charge on any atom is 0.230 e.